The first-order valence-electron chi connectivity index (χ1n) is 7.51. The lowest BCUT2D eigenvalue weighted by Crippen LogP contribution is -2.36. The summed E-state index contributed by atoms with van der Waals surface area (Å²) in [7, 11) is 0.532. The SMILES string of the molecule is CC(C)BN1C(=O)CC(SCCCC(=N)SC(C)C)C1=O. The number of nitrogens with one attached hydrogen (secondary N) is 1. The number of thioether (sulfide) groups is 2. The summed E-state index contributed by atoms with van der Waals surface area (Å²) < 4.78 is 0. The van der Waals surface area contributed by atoms with Gasteiger partial charge in [0.05, 0.1) is 10.3 Å². The average molecular weight is 328 g/mol. The highest BCUT2D eigenvalue weighted by Crippen LogP contribution is 2.27. The molecular formula is C14H25BN2O2S2. The van der Waals surface area contributed by atoms with Crippen LogP contribution in [0.25, 0.3) is 0 Å². The molecule has 1 atom stereocenters. The zero-order valence-corrected chi connectivity index (χ0v) is 15.0. The Balaban J connectivity index is 2.29. The van der Waals surface area contributed by atoms with Gasteiger partial charge >= 0.3 is 0 Å². The minimum Gasteiger partial charge on any atom is -0.332 e. The van der Waals surface area contributed by atoms with Crippen molar-refractivity contribution < 1.29 is 9.59 Å². The summed E-state index contributed by atoms with van der Waals surface area (Å²) in [4.78, 5) is 25.4. The highest BCUT2D eigenvalue weighted by Gasteiger charge is 2.38. The van der Waals surface area contributed by atoms with Crippen LogP contribution in [-0.4, -0.2) is 45.3 Å². The van der Waals surface area contributed by atoms with E-state index in [1.54, 1.807) is 23.5 Å². The van der Waals surface area contributed by atoms with Crippen molar-refractivity contribution >= 4 is 47.8 Å². The van der Waals surface area contributed by atoms with Gasteiger partial charge in [-0.1, -0.05) is 33.5 Å². The van der Waals surface area contributed by atoms with E-state index in [-0.39, 0.29) is 17.1 Å². The van der Waals surface area contributed by atoms with E-state index in [2.05, 4.69) is 13.8 Å². The maximum atomic E-state index is 12.2. The molecule has 0 bridgehead atoms. The van der Waals surface area contributed by atoms with E-state index in [9.17, 15) is 9.59 Å². The molecule has 0 aromatic heterocycles. The van der Waals surface area contributed by atoms with Crippen LogP contribution < -0.4 is 0 Å². The number of carbonyl (C=O) groups excluding carboxylic acids is 2. The molecule has 1 aliphatic rings. The Labute approximate surface area is 137 Å². The lowest BCUT2D eigenvalue weighted by molar-refractivity contribution is -0.132. The van der Waals surface area contributed by atoms with Gasteiger partial charge < -0.3 is 4.81 Å². The van der Waals surface area contributed by atoms with Crippen LogP contribution in [0, 0.1) is 5.41 Å². The quantitative estimate of drug-likeness (QED) is 0.245. The Kier molecular flexibility index (Phi) is 7.88. The third-order valence-corrected chi connectivity index (χ3v) is 5.25. The molecule has 1 fully saturated rings. The Morgan fingerprint density at radius 3 is 2.62 bits per heavy atom. The van der Waals surface area contributed by atoms with Gasteiger partial charge in [0.1, 0.15) is 0 Å². The number of nitrogens with zero attached hydrogens (tertiary/aromatic N) is 1. The minimum atomic E-state index is -0.205. The molecule has 1 saturated heterocycles. The van der Waals surface area contributed by atoms with E-state index >= 15 is 0 Å². The van der Waals surface area contributed by atoms with Gasteiger partial charge in [0, 0.05) is 11.7 Å². The van der Waals surface area contributed by atoms with Crippen LogP contribution >= 0.6 is 23.5 Å². The molecule has 4 nitrogen and oxygen atoms in total. The number of rotatable bonds is 8. The number of carbonyl (C=O) groups is 2. The van der Waals surface area contributed by atoms with Gasteiger partial charge in [-0.15, -0.1) is 23.5 Å². The highest BCUT2D eigenvalue weighted by molar-refractivity contribution is 8.14. The molecule has 2 amide bonds. The van der Waals surface area contributed by atoms with Gasteiger partial charge in [0.15, 0.2) is 0 Å². The van der Waals surface area contributed by atoms with Gasteiger partial charge in [0.25, 0.3) is 7.41 Å². The second-order valence-electron chi connectivity index (χ2n) is 5.99. The Morgan fingerprint density at radius 1 is 1.38 bits per heavy atom. The lowest BCUT2D eigenvalue weighted by Gasteiger charge is -2.15. The van der Waals surface area contributed by atoms with Gasteiger partial charge in [-0.2, -0.15) is 0 Å². The van der Waals surface area contributed by atoms with Crippen LogP contribution in [-0.2, 0) is 9.59 Å². The third-order valence-electron chi connectivity index (χ3n) is 3.00. The molecule has 0 spiro atoms. The van der Waals surface area contributed by atoms with Crippen molar-refractivity contribution in [3.63, 3.8) is 0 Å². The lowest BCUT2D eigenvalue weighted by atomic mass is 9.76. The fraction of sp³-hybridized carbons (Fsp3) is 0.786. The topological polar surface area (TPSA) is 61.2 Å². The summed E-state index contributed by atoms with van der Waals surface area (Å²) in [6.07, 6.45) is 2.00. The summed E-state index contributed by atoms with van der Waals surface area (Å²) >= 11 is 3.16. The summed E-state index contributed by atoms with van der Waals surface area (Å²) in [6.45, 7) is 8.19. The predicted octanol–water partition coefficient (Wildman–Crippen LogP) is 2.93. The van der Waals surface area contributed by atoms with Crippen molar-refractivity contribution in [3.8, 4) is 0 Å². The van der Waals surface area contributed by atoms with E-state index in [4.69, 9.17) is 5.41 Å². The largest absolute Gasteiger partial charge is 0.332 e. The van der Waals surface area contributed by atoms with E-state index in [1.807, 2.05) is 13.8 Å². The minimum absolute atomic E-state index is 0.0228. The molecule has 1 heterocycles. The molecule has 0 aromatic rings. The third kappa shape index (κ3) is 6.47. The van der Waals surface area contributed by atoms with Gasteiger partial charge in [-0.25, -0.2) is 0 Å². The number of amides is 2. The summed E-state index contributed by atoms with van der Waals surface area (Å²) in [5.41, 5.74) is 0. The molecule has 21 heavy (non-hydrogen) atoms. The van der Waals surface area contributed by atoms with E-state index in [1.165, 1.54) is 4.81 Å². The first-order valence-corrected chi connectivity index (χ1v) is 9.44. The molecule has 1 unspecified atom stereocenters. The molecule has 0 radical (unpaired) electrons. The van der Waals surface area contributed by atoms with Crippen LogP contribution in [0.3, 0.4) is 0 Å². The summed E-state index contributed by atoms with van der Waals surface area (Å²) in [5, 5.41) is 8.76. The maximum absolute atomic E-state index is 12.2. The first-order chi connectivity index (χ1) is 9.81. The van der Waals surface area contributed by atoms with E-state index < -0.39 is 0 Å². The Bertz CT molecular complexity index is 402. The van der Waals surface area contributed by atoms with Crippen LogP contribution in [0.15, 0.2) is 0 Å². The maximum Gasteiger partial charge on any atom is 0.252 e. The number of hydrogen-bond acceptors (Lipinski definition) is 5. The molecule has 118 valence electrons. The fourth-order valence-corrected chi connectivity index (χ4v) is 4.10. The standard InChI is InChI=1S/C14H25BN2O2S2/c1-9(2)15-17-13(18)8-11(14(17)19)20-7-5-6-12(16)21-10(3)4/h9-11,15-16H,5-8H2,1-4H3. The zero-order valence-electron chi connectivity index (χ0n) is 13.3. The molecule has 1 rings (SSSR count). The van der Waals surface area contributed by atoms with Gasteiger partial charge in [0.2, 0.25) is 11.8 Å². The highest BCUT2D eigenvalue weighted by atomic mass is 32.2. The van der Waals surface area contributed by atoms with Crippen LogP contribution in [0.1, 0.15) is 47.0 Å². The number of imide groups is 1. The molecule has 0 aromatic carbocycles. The molecule has 0 aliphatic carbocycles. The van der Waals surface area contributed by atoms with Crippen molar-refractivity contribution in [2.24, 2.45) is 0 Å². The van der Waals surface area contributed by atoms with Crippen molar-refractivity contribution in [2.75, 3.05) is 5.75 Å². The smallest absolute Gasteiger partial charge is 0.252 e. The normalized spacial score (nSPS) is 19.0. The predicted molar refractivity (Wildman–Crippen MR) is 94.7 cm³/mol. The van der Waals surface area contributed by atoms with Crippen LogP contribution in [0.4, 0.5) is 0 Å². The molecular weight excluding hydrogens is 303 g/mol. The van der Waals surface area contributed by atoms with Gasteiger partial charge in [-0.3, -0.25) is 15.0 Å². The molecule has 0 saturated carbocycles. The van der Waals surface area contributed by atoms with Crippen molar-refractivity contribution in [3.05, 3.63) is 0 Å². The van der Waals surface area contributed by atoms with E-state index in [0.29, 0.717) is 29.9 Å². The Morgan fingerprint density at radius 2 is 2.05 bits per heavy atom. The zero-order chi connectivity index (χ0) is 16.0. The second kappa shape index (κ2) is 8.88. The van der Waals surface area contributed by atoms with Crippen LogP contribution in [0.2, 0.25) is 5.82 Å². The van der Waals surface area contributed by atoms with Gasteiger partial charge in [-0.05, 0) is 18.6 Å². The summed E-state index contributed by atoms with van der Waals surface area (Å²) in [6, 6.07) is 0. The second-order valence-corrected chi connectivity index (χ2v) is 8.98. The van der Waals surface area contributed by atoms with Crippen molar-refractivity contribution in [2.45, 2.75) is 63.3 Å². The molecule has 1 aliphatic heterocycles. The van der Waals surface area contributed by atoms with Crippen molar-refractivity contribution in [1.29, 1.82) is 5.41 Å². The number of hydrogen-bond donors (Lipinski definition) is 1. The average Bonchev–Trinajstić information content (AvgIpc) is 2.61. The molecule has 7 heteroatoms. The summed E-state index contributed by atoms with van der Waals surface area (Å²) in [5.74, 6) is 1.09. The van der Waals surface area contributed by atoms with Crippen molar-refractivity contribution in [1.82, 2.24) is 4.81 Å². The monoisotopic (exact) mass is 328 g/mol. The van der Waals surface area contributed by atoms with E-state index in [0.717, 1.165) is 18.6 Å². The van der Waals surface area contributed by atoms with Crippen LogP contribution in [0.5, 0.6) is 0 Å². The first kappa shape index (κ1) is 18.6. The molecule has 1 N–H and O–H groups in total. The fourth-order valence-electron chi connectivity index (χ4n) is 2.14. The Hall–Kier alpha value is -0.425.